The van der Waals surface area contributed by atoms with E-state index in [0.29, 0.717) is 12.1 Å². The van der Waals surface area contributed by atoms with Crippen LogP contribution >= 0.6 is 0 Å². The zero-order valence-corrected chi connectivity index (χ0v) is 21.5. The largest absolute Gasteiger partial charge is 0.444 e. The van der Waals surface area contributed by atoms with Crippen LogP contribution in [0.25, 0.3) is 0 Å². The lowest BCUT2D eigenvalue weighted by Gasteiger charge is -2.30. The molecule has 0 unspecified atom stereocenters. The Labute approximate surface area is 218 Å². The molecule has 1 aromatic heterocycles. The van der Waals surface area contributed by atoms with Crippen LogP contribution in [0.2, 0.25) is 0 Å². The summed E-state index contributed by atoms with van der Waals surface area (Å²) in [5, 5.41) is 2.59. The lowest BCUT2D eigenvalue weighted by atomic mass is 10.0. The third-order valence-corrected chi connectivity index (χ3v) is 6.81. The van der Waals surface area contributed by atoms with Crippen molar-refractivity contribution in [2.75, 3.05) is 11.9 Å². The second kappa shape index (κ2) is 11.0. The molecule has 9 nitrogen and oxygen atoms in total. The van der Waals surface area contributed by atoms with E-state index in [-0.39, 0.29) is 12.2 Å². The van der Waals surface area contributed by atoms with Crippen molar-refractivity contribution < 1.29 is 40.1 Å². The highest BCUT2D eigenvalue weighted by Gasteiger charge is 2.48. The molecule has 0 spiro atoms. The standard InChI is InChI=1S/C25H26F3N3O6S/c1-5-19-16(15-36-38(34,35)18-11-9-17(10-12-18)25(26,27)28)14-20(31(19)23(33)37-24(2,3)4)22(32)30-21-8-6-7-13-29-21/h1,6-13,16,19-20H,14-15H2,2-4H3,(H,29,30,32)/t16-,19-,20+/m0/s1. The van der Waals surface area contributed by atoms with E-state index in [0.717, 1.165) is 17.0 Å². The van der Waals surface area contributed by atoms with E-state index in [1.54, 1.807) is 39.0 Å². The zero-order chi connectivity index (χ0) is 28.3. The Bertz CT molecular complexity index is 1300. The number of anilines is 1. The van der Waals surface area contributed by atoms with Gasteiger partial charge in [-0.1, -0.05) is 12.0 Å². The molecule has 0 aliphatic carbocycles. The van der Waals surface area contributed by atoms with Crippen LogP contribution in [0.5, 0.6) is 0 Å². The van der Waals surface area contributed by atoms with Gasteiger partial charge in [0.2, 0.25) is 5.91 Å². The summed E-state index contributed by atoms with van der Waals surface area (Å²) in [5.41, 5.74) is -1.94. The predicted molar refractivity (Wildman–Crippen MR) is 130 cm³/mol. The van der Waals surface area contributed by atoms with Gasteiger partial charge in [-0.15, -0.1) is 6.42 Å². The number of aromatic nitrogens is 1. The maximum absolute atomic E-state index is 13.1. The molecule has 2 amide bonds. The maximum atomic E-state index is 13.1. The molecule has 38 heavy (non-hydrogen) atoms. The summed E-state index contributed by atoms with van der Waals surface area (Å²) < 4.78 is 74.3. The summed E-state index contributed by atoms with van der Waals surface area (Å²) in [6.07, 6.45) is 1.56. The van der Waals surface area contributed by atoms with Gasteiger partial charge in [0.1, 0.15) is 23.5 Å². The van der Waals surface area contributed by atoms with Gasteiger partial charge in [-0.2, -0.15) is 21.6 Å². The molecule has 1 N–H and O–H groups in total. The van der Waals surface area contributed by atoms with E-state index in [1.165, 1.54) is 6.20 Å². The highest BCUT2D eigenvalue weighted by molar-refractivity contribution is 7.86. The van der Waals surface area contributed by atoms with Crippen molar-refractivity contribution in [2.24, 2.45) is 5.92 Å². The first kappa shape index (κ1) is 28.9. The van der Waals surface area contributed by atoms with Crippen molar-refractivity contribution in [1.29, 1.82) is 0 Å². The summed E-state index contributed by atoms with van der Waals surface area (Å²) in [5.74, 6) is 1.19. The van der Waals surface area contributed by atoms with Gasteiger partial charge in [-0.3, -0.25) is 13.9 Å². The second-order valence-corrected chi connectivity index (χ2v) is 11.1. The summed E-state index contributed by atoms with van der Waals surface area (Å²) >= 11 is 0. The molecule has 0 bridgehead atoms. The van der Waals surface area contributed by atoms with Crippen LogP contribution in [0.15, 0.2) is 53.6 Å². The van der Waals surface area contributed by atoms with Crippen molar-refractivity contribution in [3.05, 3.63) is 54.2 Å². The van der Waals surface area contributed by atoms with Gasteiger partial charge in [0.25, 0.3) is 10.1 Å². The molecule has 0 radical (unpaired) electrons. The summed E-state index contributed by atoms with van der Waals surface area (Å²) in [6.45, 7) is 4.36. The fraction of sp³-hybridized carbons (Fsp3) is 0.400. The maximum Gasteiger partial charge on any atom is 0.416 e. The Balaban J connectivity index is 1.82. The smallest absolute Gasteiger partial charge is 0.416 e. The Morgan fingerprint density at radius 3 is 2.34 bits per heavy atom. The van der Waals surface area contributed by atoms with E-state index in [2.05, 4.69) is 16.2 Å². The van der Waals surface area contributed by atoms with Crippen LogP contribution in [-0.4, -0.2) is 54.6 Å². The highest BCUT2D eigenvalue weighted by Crippen LogP contribution is 2.34. The lowest BCUT2D eigenvalue weighted by molar-refractivity contribution is -0.137. The Morgan fingerprint density at radius 1 is 1.16 bits per heavy atom. The molecule has 1 aliphatic heterocycles. The summed E-state index contributed by atoms with van der Waals surface area (Å²) in [4.78, 5) is 30.7. The van der Waals surface area contributed by atoms with Crippen molar-refractivity contribution in [1.82, 2.24) is 9.88 Å². The normalized spacial score (nSPS) is 20.0. The van der Waals surface area contributed by atoms with E-state index >= 15 is 0 Å². The molecule has 2 aromatic rings. The number of pyridine rings is 1. The van der Waals surface area contributed by atoms with E-state index in [4.69, 9.17) is 15.3 Å². The minimum atomic E-state index is -4.64. The zero-order valence-electron chi connectivity index (χ0n) is 20.7. The number of benzene rings is 1. The number of hydrogen-bond donors (Lipinski definition) is 1. The highest BCUT2D eigenvalue weighted by atomic mass is 32.2. The van der Waals surface area contributed by atoms with Crippen LogP contribution in [0.4, 0.5) is 23.8 Å². The fourth-order valence-electron chi connectivity index (χ4n) is 3.82. The number of terminal acetylenes is 1. The number of halogens is 3. The number of hydrogen-bond acceptors (Lipinski definition) is 7. The van der Waals surface area contributed by atoms with Crippen molar-refractivity contribution >= 4 is 27.9 Å². The van der Waals surface area contributed by atoms with Gasteiger partial charge in [-0.25, -0.2) is 9.78 Å². The third-order valence-electron chi connectivity index (χ3n) is 5.51. The first-order valence-electron chi connectivity index (χ1n) is 11.4. The molecular weight excluding hydrogens is 527 g/mol. The number of amides is 2. The van der Waals surface area contributed by atoms with Crippen molar-refractivity contribution in [2.45, 2.75) is 55.9 Å². The number of likely N-dealkylation sites (tertiary alicyclic amines) is 1. The Hall–Kier alpha value is -3.63. The number of rotatable bonds is 6. The molecule has 204 valence electrons. The molecule has 1 aromatic carbocycles. The summed E-state index contributed by atoms with van der Waals surface area (Å²) in [7, 11) is -4.48. The van der Waals surface area contributed by atoms with Gasteiger partial charge >= 0.3 is 12.3 Å². The molecule has 1 saturated heterocycles. The predicted octanol–water partition coefficient (Wildman–Crippen LogP) is 4.07. The first-order chi connectivity index (χ1) is 17.6. The number of alkyl halides is 3. The quantitative estimate of drug-likeness (QED) is 0.424. The van der Waals surface area contributed by atoms with Gasteiger partial charge < -0.3 is 10.1 Å². The minimum Gasteiger partial charge on any atom is -0.444 e. The van der Waals surface area contributed by atoms with E-state index in [1.807, 2.05) is 0 Å². The number of nitrogens with zero attached hydrogens (tertiary/aromatic N) is 2. The second-order valence-electron chi connectivity index (χ2n) is 9.48. The van der Waals surface area contributed by atoms with E-state index in [9.17, 15) is 31.2 Å². The van der Waals surface area contributed by atoms with Crippen LogP contribution in [0, 0.1) is 18.3 Å². The molecule has 3 atom stereocenters. The monoisotopic (exact) mass is 553 g/mol. The van der Waals surface area contributed by atoms with Crippen LogP contribution in [-0.2, 0) is 30.0 Å². The average Bonchev–Trinajstić information content (AvgIpc) is 3.21. The van der Waals surface area contributed by atoms with Gasteiger partial charge in [0, 0.05) is 12.1 Å². The van der Waals surface area contributed by atoms with Crippen LogP contribution < -0.4 is 5.32 Å². The number of ether oxygens (including phenoxy) is 1. The molecule has 3 rings (SSSR count). The molecule has 0 saturated carbocycles. The third kappa shape index (κ3) is 7.02. The topological polar surface area (TPSA) is 115 Å². The number of carbonyl (C=O) groups excluding carboxylic acids is 2. The van der Waals surface area contributed by atoms with Gasteiger partial charge in [0.05, 0.1) is 17.1 Å². The van der Waals surface area contributed by atoms with Gasteiger partial charge in [0.15, 0.2) is 0 Å². The Morgan fingerprint density at radius 2 is 1.82 bits per heavy atom. The van der Waals surface area contributed by atoms with E-state index < -0.39 is 69.0 Å². The minimum absolute atomic E-state index is 0.0741. The van der Waals surface area contributed by atoms with Crippen LogP contribution in [0.1, 0.15) is 32.8 Å². The lowest BCUT2D eigenvalue weighted by Crippen LogP contribution is -2.49. The van der Waals surface area contributed by atoms with Crippen molar-refractivity contribution in [3.63, 3.8) is 0 Å². The summed E-state index contributed by atoms with van der Waals surface area (Å²) in [6, 6.07) is 5.43. The molecular formula is C25H26F3N3O6S. The van der Waals surface area contributed by atoms with Crippen molar-refractivity contribution in [3.8, 4) is 12.3 Å². The average molecular weight is 554 g/mol. The fourth-order valence-corrected chi connectivity index (χ4v) is 4.78. The SMILES string of the molecule is C#C[C@H]1[C@H](COS(=O)(=O)c2ccc(C(F)(F)F)cc2)C[C@H](C(=O)Nc2ccccn2)N1C(=O)OC(C)(C)C. The molecule has 1 fully saturated rings. The number of carbonyl (C=O) groups is 2. The van der Waals surface area contributed by atoms with Gasteiger partial charge in [-0.05, 0) is 63.6 Å². The first-order valence-corrected chi connectivity index (χ1v) is 12.8. The molecule has 1 aliphatic rings. The molecule has 13 heteroatoms. The molecule has 2 heterocycles. The van der Waals surface area contributed by atoms with Crippen LogP contribution in [0.3, 0.4) is 0 Å². The Kier molecular flexibility index (Phi) is 8.38. The number of nitrogens with one attached hydrogen (secondary N) is 1.